The topological polar surface area (TPSA) is 94.8 Å². The molecule has 3 aromatic heterocycles. The standard InChI is InChI=1S/C28H22ClFN6O2S/c1-3-38-25(37)10-7-18-5-4-6-19(14-18)21-16-32-28(33-20-8-9-23(30)22(29)15-20)34-26(21)36-17(2)13-24(35-36)27-31-11-12-39-27/h4-16H,3H2,1-2H3,(H,32,33,34). The molecule has 0 aliphatic heterocycles. The van der Waals surface area contributed by atoms with Gasteiger partial charge >= 0.3 is 5.97 Å². The number of benzene rings is 2. The van der Waals surface area contributed by atoms with Crippen molar-refractivity contribution >= 4 is 46.6 Å². The van der Waals surface area contributed by atoms with Gasteiger partial charge in [0.1, 0.15) is 16.5 Å². The molecule has 0 unspecified atom stereocenters. The summed E-state index contributed by atoms with van der Waals surface area (Å²) in [6.07, 6.45) is 6.50. The Morgan fingerprint density at radius 2 is 2.08 bits per heavy atom. The summed E-state index contributed by atoms with van der Waals surface area (Å²) in [6.45, 7) is 4.00. The average Bonchev–Trinajstić information content (AvgIpc) is 3.60. The van der Waals surface area contributed by atoms with Gasteiger partial charge in [-0.15, -0.1) is 11.3 Å². The molecule has 3 heterocycles. The van der Waals surface area contributed by atoms with E-state index < -0.39 is 11.8 Å². The monoisotopic (exact) mass is 560 g/mol. The molecule has 0 aliphatic carbocycles. The number of esters is 1. The Balaban J connectivity index is 1.58. The predicted molar refractivity (Wildman–Crippen MR) is 151 cm³/mol. The molecule has 0 bridgehead atoms. The Kier molecular flexibility index (Phi) is 7.76. The summed E-state index contributed by atoms with van der Waals surface area (Å²) in [5.74, 6) is -0.129. The molecule has 0 saturated carbocycles. The van der Waals surface area contributed by atoms with Gasteiger partial charge in [-0.25, -0.2) is 23.8 Å². The third-order valence-corrected chi connectivity index (χ3v) is 6.67. The first kappa shape index (κ1) is 26.2. The Hall–Kier alpha value is -4.41. The van der Waals surface area contributed by atoms with Gasteiger partial charge in [0.25, 0.3) is 0 Å². The van der Waals surface area contributed by atoms with Gasteiger partial charge in [0.05, 0.1) is 11.6 Å². The number of carbonyl (C=O) groups excluding carboxylic acids is 1. The summed E-state index contributed by atoms with van der Waals surface area (Å²) in [5.41, 5.74) is 4.42. The molecule has 0 saturated heterocycles. The first-order chi connectivity index (χ1) is 18.9. The van der Waals surface area contributed by atoms with E-state index in [-0.39, 0.29) is 11.0 Å². The van der Waals surface area contributed by atoms with E-state index in [1.165, 1.54) is 29.5 Å². The van der Waals surface area contributed by atoms with Crippen LogP contribution in [0.25, 0.3) is 33.7 Å². The number of anilines is 2. The second-order valence-electron chi connectivity index (χ2n) is 8.32. The molecule has 196 valence electrons. The van der Waals surface area contributed by atoms with Crippen LogP contribution in [0.4, 0.5) is 16.0 Å². The molecule has 8 nitrogen and oxygen atoms in total. The van der Waals surface area contributed by atoms with Crippen LogP contribution in [-0.4, -0.2) is 37.3 Å². The molecule has 2 aromatic carbocycles. The van der Waals surface area contributed by atoms with E-state index in [0.717, 1.165) is 27.5 Å². The molecule has 0 spiro atoms. The summed E-state index contributed by atoms with van der Waals surface area (Å²) in [5, 5.41) is 10.5. The Bertz CT molecular complexity index is 1670. The van der Waals surface area contributed by atoms with Crippen LogP contribution in [-0.2, 0) is 9.53 Å². The average molecular weight is 561 g/mol. The van der Waals surface area contributed by atoms with Crippen molar-refractivity contribution in [3.8, 4) is 27.6 Å². The van der Waals surface area contributed by atoms with E-state index in [0.29, 0.717) is 23.7 Å². The second-order valence-corrected chi connectivity index (χ2v) is 9.62. The maximum Gasteiger partial charge on any atom is 0.330 e. The Morgan fingerprint density at radius 3 is 2.85 bits per heavy atom. The molecular formula is C28H22ClFN6O2S. The van der Waals surface area contributed by atoms with Crippen LogP contribution < -0.4 is 5.32 Å². The molecular weight excluding hydrogens is 539 g/mol. The minimum atomic E-state index is -0.516. The van der Waals surface area contributed by atoms with Gasteiger partial charge in [-0.3, -0.25) is 0 Å². The zero-order chi connectivity index (χ0) is 27.4. The first-order valence-electron chi connectivity index (χ1n) is 11.9. The number of hydrogen-bond donors (Lipinski definition) is 1. The van der Waals surface area contributed by atoms with Crippen molar-refractivity contribution in [3.05, 3.63) is 94.5 Å². The minimum Gasteiger partial charge on any atom is -0.463 e. The summed E-state index contributed by atoms with van der Waals surface area (Å²) in [7, 11) is 0. The number of rotatable bonds is 8. The van der Waals surface area contributed by atoms with Crippen LogP contribution in [0.2, 0.25) is 5.02 Å². The molecule has 0 fully saturated rings. The van der Waals surface area contributed by atoms with Crippen LogP contribution >= 0.6 is 22.9 Å². The molecule has 5 rings (SSSR count). The Morgan fingerprint density at radius 1 is 1.21 bits per heavy atom. The predicted octanol–water partition coefficient (Wildman–Crippen LogP) is 6.87. The number of hydrogen-bond acceptors (Lipinski definition) is 8. The number of aryl methyl sites for hydroxylation is 1. The van der Waals surface area contributed by atoms with Crippen LogP contribution in [0.5, 0.6) is 0 Å². The van der Waals surface area contributed by atoms with Gasteiger partial charge in [0.15, 0.2) is 5.82 Å². The molecule has 39 heavy (non-hydrogen) atoms. The van der Waals surface area contributed by atoms with Crippen LogP contribution in [0.3, 0.4) is 0 Å². The van der Waals surface area contributed by atoms with Crippen molar-refractivity contribution in [2.75, 3.05) is 11.9 Å². The normalized spacial score (nSPS) is 11.2. The number of ether oxygens (including phenoxy) is 1. The number of nitrogens with one attached hydrogen (secondary N) is 1. The van der Waals surface area contributed by atoms with Gasteiger partial charge in [-0.05, 0) is 61.4 Å². The van der Waals surface area contributed by atoms with Crippen LogP contribution in [0, 0.1) is 12.7 Å². The van der Waals surface area contributed by atoms with E-state index in [1.54, 1.807) is 36.1 Å². The highest BCUT2D eigenvalue weighted by atomic mass is 35.5. The van der Waals surface area contributed by atoms with E-state index in [1.807, 2.05) is 42.6 Å². The maximum atomic E-state index is 13.7. The summed E-state index contributed by atoms with van der Waals surface area (Å²) in [4.78, 5) is 25.4. The van der Waals surface area contributed by atoms with Crippen molar-refractivity contribution in [2.24, 2.45) is 0 Å². The minimum absolute atomic E-state index is 0.0134. The highest BCUT2D eigenvalue weighted by Gasteiger charge is 2.17. The van der Waals surface area contributed by atoms with Crippen molar-refractivity contribution in [2.45, 2.75) is 13.8 Å². The highest BCUT2D eigenvalue weighted by molar-refractivity contribution is 7.13. The van der Waals surface area contributed by atoms with Gasteiger partial charge in [-0.1, -0.05) is 29.8 Å². The third-order valence-electron chi connectivity index (χ3n) is 5.58. The lowest BCUT2D eigenvalue weighted by atomic mass is 10.0. The molecule has 11 heteroatoms. The smallest absolute Gasteiger partial charge is 0.330 e. The fourth-order valence-electron chi connectivity index (χ4n) is 3.81. The molecule has 1 N–H and O–H groups in total. The number of halogens is 2. The van der Waals surface area contributed by atoms with Crippen molar-refractivity contribution in [3.63, 3.8) is 0 Å². The highest BCUT2D eigenvalue weighted by Crippen LogP contribution is 2.30. The Labute approximate surface area is 232 Å². The van der Waals surface area contributed by atoms with E-state index in [4.69, 9.17) is 26.4 Å². The van der Waals surface area contributed by atoms with Gasteiger partial charge in [-0.2, -0.15) is 10.1 Å². The summed E-state index contributed by atoms with van der Waals surface area (Å²) < 4.78 is 20.4. The van der Waals surface area contributed by atoms with Crippen molar-refractivity contribution in [1.29, 1.82) is 0 Å². The second kappa shape index (κ2) is 11.5. The number of aromatic nitrogens is 5. The van der Waals surface area contributed by atoms with Gasteiger partial charge in [0.2, 0.25) is 5.95 Å². The zero-order valence-electron chi connectivity index (χ0n) is 20.9. The lowest BCUT2D eigenvalue weighted by Gasteiger charge is -2.13. The quantitative estimate of drug-likeness (QED) is 0.163. The zero-order valence-corrected chi connectivity index (χ0v) is 22.5. The fraction of sp³-hybridized carbons (Fsp3) is 0.107. The molecule has 0 radical (unpaired) electrons. The molecule has 5 aromatic rings. The van der Waals surface area contributed by atoms with Gasteiger partial charge in [0, 0.05) is 40.8 Å². The van der Waals surface area contributed by atoms with E-state index >= 15 is 0 Å². The fourth-order valence-corrected chi connectivity index (χ4v) is 4.58. The summed E-state index contributed by atoms with van der Waals surface area (Å²) >= 11 is 7.45. The SMILES string of the molecule is CCOC(=O)C=Cc1cccc(-c2cnc(Nc3ccc(F)c(Cl)c3)nc2-n2nc(-c3nccs3)cc2C)c1. The van der Waals surface area contributed by atoms with Gasteiger partial charge < -0.3 is 10.1 Å². The first-order valence-corrected chi connectivity index (χ1v) is 13.2. The van der Waals surface area contributed by atoms with Crippen molar-refractivity contribution < 1.29 is 13.9 Å². The van der Waals surface area contributed by atoms with Crippen molar-refractivity contribution in [1.82, 2.24) is 24.7 Å². The van der Waals surface area contributed by atoms with Crippen LogP contribution in [0.15, 0.2) is 72.4 Å². The molecule has 0 amide bonds. The lowest BCUT2D eigenvalue weighted by molar-refractivity contribution is -0.137. The molecule has 0 aliphatic rings. The maximum absolute atomic E-state index is 13.7. The lowest BCUT2D eigenvalue weighted by Crippen LogP contribution is -2.08. The van der Waals surface area contributed by atoms with Crippen LogP contribution in [0.1, 0.15) is 18.2 Å². The summed E-state index contributed by atoms with van der Waals surface area (Å²) in [6, 6.07) is 13.8. The third kappa shape index (κ3) is 6.02. The largest absolute Gasteiger partial charge is 0.463 e. The number of carbonyl (C=O) groups is 1. The van der Waals surface area contributed by atoms with E-state index in [9.17, 15) is 9.18 Å². The number of thiazole rings is 1. The number of nitrogens with zero attached hydrogens (tertiary/aromatic N) is 5. The van der Waals surface area contributed by atoms with E-state index in [2.05, 4.69) is 15.3 Å². The molecule has 0 atom stereocenters.